The highest BCUT2D eigenvalue weighted by Gasteiger charge is 2.17. The van der Waals surface area contributed by atoms with E-state index >= 15 is 0 Å². The molecule has 0 aliphatic rings. The van der Waals surface area contributed by atoms with Gasteiger partial charge >= 0.3 is 0 Å². The van der Waals surface area contributed by atoms with Gasteiger partial charge in [-0.15, -0.1) is 10.2 Å². The van der Waals surface area contributed by atoms with Crippen molar-refractivity contribution < 1.29 is 4.79 Å². The summed E-state index contributed by atoms with van der Waals surface area (Å²) < 4.78 is 2.86. The van der Waals surface area contributed by atoms with Gasteiger partial charge in [-0.05, 0) is 55.5 Å². The normalized spacial score (nSPS) is 11.5. The summed E-state index contributed by atoms with van der Waals surface area (Å²) in [6.07, 6.45) is 3.40. The molecular formula is C23H17BrCl2N6OS. The summed E-state index contributed by atoms with van der Waals surface area (Å²) in [5.41, 5.74) is 5.55. The molecule has 0 bridgehead atoms. The van der Waals surface area contributed by atoms with E-state index in [2.05, 4.69) is 41.6 Å². The van der Waals surface area contributed by atoms with Crippen molar-refractivity contribution >= 4 is 62.5 Å². The molecule has 0 fully saturated rings. The lowest BCUT2D eigenvalue weighted by molar-refractivity contribution is -0.118. The Balaban J connectivity index is 1.52. The number of carbonyl (C=O) groups excluding carboxylic acids is 1. The summed E-state index contributed by atoms with van der Waals surface area (Å²) in [7, 11) is 0. The van der Waals surface area contributed by atoms with E-state index in [9.17, 15) is 4.79 Å². The summed E-state index contributed by atoms with van der Waals surface area (Å²) >= 11 is 16.9. The fraction of sp³-hybridized carbons (Fsp3) is 0.0870. The summed E-state index contributed by atoms with van der Waals surface area (Å²) in [4.78, 5) is 16.6. The molecule has 34 heavy (non-hydrogen) atoms. The third kappa shape index (κ3) is 5.85. The smallest absolute Gasteiger partial charge is 0.250 e. The molecule has 2 aromatic carbocycles. The fourth-order valence-corrected chi connectivity index (χ4v) is 4.58. The number of nitrogens with zero attached hydrogens (tertiary/aromatic N) is 5. The van der Waals surface area contributed by atoms with E-state index in [4.69, 9.17) is 23.2 Å². The van der Waals surface area contributed by atoms with Crippen molar-refractivity contribution in [2.45, 2.75) is 12.1 Å². The fourth-order valence-electron chi connectivity index (χ4n) is 3.03. The average Bonchev–Trinajstić information content (AvgIpc) is 3.26. The van der Waals surface area contributed by atoms with Gasteiger partial charge in [-0.25, -0.2) is 5.43 Å². The lowest BCUT2D eigenvalue weighted by Gasteiger charge is -2.10. The molecule has 172 valence electrons. The van der Waals surface area contributed by atoms with Crippen molar-refractivity contribution in [1.82, 2.24) is 25.2 Å². The number of pyridine rings is 1. The van der Waals surface area contributed by atoms with Crippen molar-refractivity contribution in [2.75, 3.05) is 5.75 Å². The van der Waals surface area contributed by atoms with E-state index in [0.29, 0.717) is 32.3 Å². The van der Waals surface area contributed by atoms with Crippen LogP contribution in [0.15, 0.2) is 81.7 Å². The topological polar surface area (TPSA) is 85.1 Å². The third-order valence-corrected chi connectivity index (χ3v) is 6.66. The van der Waals surface area contributed by atoms with Gasteiger partial charge in [0, 0.05) is 38.7 Å². The maximum atomic E-state index is 12.5. The second-order valence-electron chi connectivity index (χ2n) is 7.00. The van der Waals surface area contributed by atoms with Gasteiger partial charge in [0.15, 0.2) is 11.0 Å². The zero-order chi connectivity index (χ0) is 24.1. The Kier molecular flexibility index (Phi) is 7.99. The quantitative estimate of drug-likeness (QED) is 0.165. The third-order valence-electron chi connectivity index (χ3n) is 4.66. The minimum absolute atomic E-state index is 0.0934. The zero-order valence-electron chi connectivity index (χ0n) is 17.7. The molecule has 4 rings (SSSR count). The van der Waals surface area contributed by atoms with Gasteiger partial charge in [0.25, 0.3) is 5.91 Å². The van der Waals surface area contributed by atoms with Gasteiger partial charge < -0.3 is 0 Å². The van der Waals surface area contributed by atoms with Crippen molar-refractivity contribution in [3.05, 3.63) is 87.1 Å². The van der Waals surface area contributed by atoms with Gasteiger partial charge in [-0.2, -0.15) is 5.10 Å². The van der Waals surface area contributed by atoms with Gasteiger partial charge in [-0.3, -0.25) is 14.3 Å². The molecule has 0 saturated heterocycles. The van der Waals surface area contributed by atoms with Crippen molar-refractivity contribution in [3.8, 4) is 17.1 Å². The highest BCUT2D eigenvalue weighted by molar-refractivity contribution is 9.10. The van der Waals surface area contributed by atoms with Gasteiger partial charge in [0.2, 0.25) is 0 Å². The molecular weight excluding hydrogens is 559 g/mol. The van der Waals surface area contributed by atoms with E-state index in [1.807, 2.05) is 41.0 Å². The second-order valence-corrected chi connectivity index (χ2v) is 9.70. The summed E-state index contributed by atoms with van der Waals surface area (Å²) in [5, 5.41) is 14.4. The van der Waals surface area contributed by atoms with Crippen LogP contribution in [0.2, 0.25) is 10.0 Å². The predicted octanol–water partition coefficient (Wildman–Crippen LogP) is 6.03. The number of halogens is 3. The minimum atomic E-state index is -0.287. The SMILES string of the molecule is CC(=NNC(=O)CSc1nnc(-c2ccncc2)n1-c1ccc(Br)cc1)c1ccc(Cl)cc1Cl. The summed E-state index contributed by atoms with van der Waals surface area (Å²) in [6, 6.07) is 16.6. The number of hydrazone groups is 1. The molecule has 11 heteroatoms. The Morgan fingerprint density at radius 1 is 1.09 bits per heavy atom. The number of carbonyl (C=O) groups is 1. The van der Waals surface area contributed by atoms with Crippen LogP contribution in [0.5, 0.6) is 0 Å². The number of hydrogen-bond acceptors (Lipinski definition) is 6. The monoisotopic (exact) mass is 574 g/mol. The first kappa shape index (κ1) is 24.4. The minimum Gasteiger partial charge on any atom is -0.272 e. The highest BCUT2D eigenvalue weighted by atomic mass is 79.9. The zero-order valence-corrected chi connectivity index (χ0v) is 21.7. The number of aromatic nitrogens is 4. The van der Waals surface area contributed by atoms with Crippen LogP contribution < -0.4 is 5.43 Å². The number of rotatable bonds is 7. The number of hydrogen-bond donors (Lipinski definition) is 1. The second kappa shape index (κ2) is 11.1. The number of amides is 1. The van der Waals surface area contributed by atoms with Crippen LogP contribution in [0.25, 0.3) is 17.1 Å². The Labute approximate surface area is 218 Å². The predicted molar refractivity (Wildman–Crippen MR) is 140 cm³/mol. The van der Waals surface area contributed by atoms with E-state index in [1.165, 1.54) is 11.8 Å². The standard InChI is InChI=1S/C23H17BrCl2N6OS/c1-14(19-7-4-17(25)12-20(19)26)28-29-21(33)13-34-23-31-30-22(15-8-10-27-11-9-15)32(23)18-5-2-16(24)3-6-18/h2-12H,13H2,1H3,(H,29,33). The van der Waals surface area contributed by atoms with Crippen LogP contribution in [-0.4, -0.2) is 37.1 Å². The number of nitrogens with one attached hydrogen (secondary N) is 1. The van der Waals surface area contributed by atoms with Crippen LogP contribution >= 0.6 is 50.9 Å². The van der Waals surface area contributed by atoms with Gasteiger partial charge in [0.1, 0.15) is 0 Å². The lowest BCUT2D eigenvalue weighted by atomic mass is 10.1. The number of thioether (sulfide) groups is 1. The highest BCUT2D eigenvalue weighted by Crippen LogP contribution is 2.28. The van der Waals surface area contributed by atoms with Crippen LogP contribution in [0.4, 0.5) is 0 Å². The molecule has 2 heterocycles. The van der Waals surface area contributed by atoms with E-state index in [-0.39, 0.29) is 11.7 Å². The molecule has 4 aromatic rings. The molecule has 0 radical (unpaired) electrons. The van der Waals surface area contributed by atoms with Crippen molar-refractivity contribution in [1.29, 1.82) is 0 Å². The first-order chi connectivity index (χ1) is 16.4. The molecule has 0 unspecified atom stereocenters. The molecule has 0 atom stereocenters. The van der Waals surface area contributed by atoms with Gasteiger partial charge in [0.05, 0.1) is 16.5 Å². The molecule has 2 aromatic heterocycles. The van der Waals surface area contributed by atoms with E-state index in [1.54, 1.807) is 37.5 Å². The summed E-state index contributed by atoms with van der Waals surface area (Å²) in [6.45, 7) is 1.76. The first-order valence-electron chi connectivity index (χ1n) is 9.95. The Morgan fingerprint density at radius 2 is 1.82 bits per heavy atom. The van der Waals surface area contributed by atoms with Crippen LogP contribution in [-0.2, 0) is 4.79 Å². The van der Waals surface area contributed by atoms with Crippen LogP contribution in [0, 0.1) is 0 Å². The van der Waals surface area contributed by atoms with E-state index < -0.39 is 0 Å². The average molecular weight is 576 g/mol. The van der Waals surface area contributed by atoms with E-state index in [0.717, 1.165) is 15.7 Å². The summed E-state index contributed by atoms with van der Waals surface area (Å²) in [5.74, 6) is 0.458. The molecule has 0 aliphatic carbocycles. The van der Waals surface area contributed by atoms with Crippen molar-refractivity contribution in [3.63, 3.8) is 0 Å². The Morgan fingerprint density at radius 3 is 2.53 bits per heavy atom. The molecule has 0 saturated carbocycles. The molecule has 0 spiro atoms. The van der Waals surface area contributed by atoms with Crippen LogP contribution in [0.1, 0.15) is 12.5 Å². The molecule has 0 aliphatic heterocycles. The van der Waals surface area contributed by atoms with Crippen molar-refractivity contribution in [2.24, 2.45) is 5.10 Å². The van der Waals surface area contributed by atoms with Gasteiger partial charge in [-0.1, -0.05) is 57.0 Å². The molecule has 1 amide bonds. The Bertz CT molecular complexity index is 1350. The maximum Gasteiger partial charge on any atom is 0.250 e. The lowest BCUT2D eigenvalue weighted by Crippen LogP contribution is -2.21. The first-order valence-corrected chi connectivity index (χ1v) is 12.5. The molecule has 7 nitrogen and oxygen atoms in total. The molecule has 1 N–H and O–H groups in total. The van der Waals surface area contributed by atoms with Crippen LogP contribution in [0.3, 0.4) is 0 Å². The Hall–Kier alpha value is -2.72. The maximum absolute atomic E-state index is 12.5. The number of benzene rings is 2. The largest absolute Gasteiger partial charge is 0.272 e.